The summed E-state index contributed by atoms with van der Waals surface area (Å²) in [5.74, 6) is -8.98. The van der Waals surface area contributed by atoms with Gasteiger partial charge in [-0.05, 0) is 20.8 Å². The van der Waals surface area contributed by atoms with Crippen LogP contribution in [0.5, 0.6) is 0 Å². The van der Waals surface area contributed by atoms with Crippen LogP contribution in [0.25, 0.3) is 0 Å². The molecule has 0 bridgehead atoms. The maximum atomic E-state index is 13.2. The van der Waals surface area contributed by atoms with Crippen molar-refractivity contribution < 1.29 is 49.8 Å². The van der Waals surface area contributed by atoms with Gasteiger partial charge in [-0.1, -0.05) is 11.8 Å². The number of alkyl halides is 7. The molecule has 0 fully saturated rings. The first kappa shape index (κ1) is 23.6. The highest BCUT2D eigenvalue weighted by Crippen LogP contribution is 2.51. The molecule has 0 rings (SSSR count). The van der Waals surface area contributed by atoms with E-state index in [-0.39, 0.29) is 0 Å². The number of rotatable bonds is 6. The maximum absolute atomic E-state index is 13.2. The molecule has 0 aromatic heterocycles. The molecular weight excluding hydrogens is 387 g/mol. The number of halogens is 7. The molecule has 0 heterocycles. The van der Waals surface area contributed by atoms with E-state index in [2.05, 4.69) is 4.74 Å². The van der Waals surface area contributed by atoms with E-state index in [4.69, 9.17) is 4.74 Å². The third-order valence-corrected chi connectivity index (χ3v) is 3.45. The van der Waals surface area contributed by atoms with Crippen molar-refractivity contribution >= 4 is 23.8 Å². The summed E-state index contributed by atoms with van der Waals surface area (Å²) in [6.07, 6.45) is -7.77. The Morgan fingerprint density at radius 1 is 1.04 bits per heavy atom. The van der Waals surface area contributed by atoms with Crippen molar-refractivity contribution in [1.82, 2.24) is 5.32 Å². The zero-order chi connectivity index (χ0) is 20.3. The molecule has 0 aliphatic heterocycles. The van der Waals surface area contributed by atoms with Crippen molar-refractivity contribution in [2.45, 2.75) is 49.8 Å². The maximum Gasteiger partial charge on any atom is 0.460 e. The molecule has 0 saturated carbocycles. The number of carbonyl (C=O) groups is 2. The Morgan fingerprint density at radius 3 is 1.88 bits per heavy atom. The molecule has 148 valence electrons. The molecule has 1 N–H and O–H groups in total. The number of esters is 1. The van der Waals surface area contributed by atoms with Gasteiger partial charge in [-0.25, -0.2) is 9.59 Å². The van der Waals surface area contributed by atoms with Crippen LogP contribution in [0.1, 0.15) is 20.8 Å². The molecule has 0 radical (unpaired) electrons. The van der Waals surface area contributed by atoms with E-state index < -0.39 is 58.6 Å². The first-order valence-electron chi connectivity index (χ1n) is 6.48. The van der Waals surface area contributed by atoms with Gasteiger partial charge in [0.1, 0.15) is 11.6 Å². The van der Waals surface area contributed by atoms with Crippen molar-refractivity contribution in [3.63, 3.8) is 0 Å². The van der Waals surface area contributed by atoms with E-state index in [0.717, 1.165) is 7.11 Å². The predicted molar refractivity (Wildman–Crippen MR) is 73.6 cm³/mol. The molecule has 5 nitrogen and oxygen atoms in total. The minimum Gasteiger partial charge on any atom is -0.467 e. The summed E-state index contributed by atoms with van der Waals surface area (Å²) in [6.45, 7) is 4.31. The Balaban J connectivity index is 5.13. The average molecular weight is 403 g/mol. The second-order valence-electron chi connectivity index (χ2n) is 5.62. The quantitative estimate of drug-likeness (QED) is 0.543. The number of hydrogen-bond donors (Lipinski definition) is 1. The van der Waals surface area contributed by atoms with Gasteiger partial charge in [-0.15, -0.1) is 0 Å². The summed E-state index contributed by atoms with van der Waals surface area (Å²) >= 11 is -1.15. The topological polar surface area (TPSA) is 64.6 Å². The van der Waals surface area contributed by atoms with Crippen molar-refractivity contribution in [2.24, 2.45) is 0 Å². The third-order valence-electron chi connectivity index (χ3n) is 2.33. The summed E-state index contributed by atoms with van der Waals surface area (Å²) in [5, 5.41) is -3.81. The summed E-state index contributed by atoms with van der Waals surface area (Å²) in [5.41, 5.74) is -1.04. The van der Waals surface area contributed by atoms with Crippen LogP contribution in [0.2, 0.25) is 0 Å². The summed E-state index contributed by atoms with van der Waals surface area (Å²) in [6, 6.07) is -1.93. The third kappa shape index (κ3) is 6.78. The predicted octanol–water partition coefficient (Wildman–Crippen LogP) is 3.58. The molecule has 1 amide bonds. The van der Waals surface area contributed by atoms with Crippen molar-refractivity contribution in [2.75, 3.05) is 12.9 Å². The summed E-state index contributed by atoms with van der Waals surface area (Å²) in [7, 11) is 0.805. The van der Waals surface area contributed by atoms with E-state index in [0.29, 0.717) is 0 Å². The lowest BCUT2D eigenvalue weighted by atomic mass is 10.2. The van der Waals surface area contributed by atoms with Crippen LogP contribution in [0.15, 0.2) is 0 Å². The fourth-order valence-electron chi connectivity index (χ4n) is 1.20. The van der Waals surface area contributed by atoms with E-state index >= 15 is 0 Å². The number of amides is 1. The first-order valence-corrected chi connectivity index (χ1v) is 7.47. The fourth-order valence-corrected chi connectivity index (χ4v) is 2.10. The zero-order valence-electron chi connectivity index (χ0n) is 13.5. The van der Waals surface area contributed by atoms with Gasteiger partial charge in [-0.2, -0.15) is 30.7 Å². The second kappa shape index (κ2) is 7.87. The smallest absolute Gasteiger partial charge is 0.460 e. The fraction of sp³-hybridized carbons (Fsp3) is 0.833. The van der Waals surface area contributed by atoms with Crippen LogP contribution >= 0.6 is 11.8 Å². The second-order valence-corrected chi connectivity index (χ2v) is 6.76. The molecule has 0 spiro atoms. The minimum atomic E-state index is -6.50. The molecule has 25 heavy (non-hydrogen) atoms. The Labute approximate surface area is 142 Å². The molecular formula is C12H16F7NO4S. The van der Waals surface area contributed by atoms with Gasteiger partial charge in [0.05, 0.1) is 7.11 Å². The minimum absolute atomic E-state index is 0.805. The number of alkyl carbamates (subject to hydrolysis) is 1. The number of carbonyl (C=O) groups excluding carboxylic acids is 2. The van der Waals surface area contributed by atoms with Gasteiger partial charge >= 0.3 is 29.4 Å². The van der Waals surface area contributed by atoms with Crippen LogP contribution in [-0.2, 0) is 14.3 Å². The molecule has 0 aliphatic carbocycles. The van der Waals surface area contributed by atoms with Crippen molar-refractivity contribution in [3.05, 3.63) is 0 Å². The van der Waals surface area contributed by atoms with Crippen LogP contribution < -0.4 is 5.32 Å². The van der Waals surface area contributed by atoms with Crippen LogP contribution in [-0.4, -0.2) is 53.9 Å². The van der Waals surface area contributed by atoms with Gasteiger partial charge in [-0.3, -0.25) is 0 Å². The van der Waals surface area contributed by atoms with Crippen molar-refractivity contribution in [1.29, 1.82) is 0 Å². The highest BCUT2D eigenvalue weighted by molar-refractivity contribution is 8.00. The molecule has 0 aliphatic rings. The molecule has 1 atom stereocenters. The average Bonchev–Trinajstić information content (AvgIpc) is 2.39. The number of hydrogen-bond acceptors (Lipinski definition) is 5. The largest absolute Gasteiger partial charge is 0.467 e. The molecule has 0 aromatic carbocycles. The lowest BCUT2D eigenvalue weighted by Gasteiger charge is -2.28. The number of nitrogens with one attached hydrogen (secondary N) is 1. The molecule has 0 aromatic rings. The van der Waals surface area contributed by atoms with Gasteiger partial charge < -0.3 is 14.8 Å². The number of ether oxygens (including phenoxy) is 2. The van der Waals surface area contributed by atoms with Crippen LogP contribution in [0.3, 0.4) is 0 Å². The Morgan fingerprint density at radius 2 is 1.52 bits per heavy atom. The Kier molecular flexibility index (Phi) is 7.43. The normalized spacial score (nSPS) is 14.7. The standard InChI is InChI=1S/C12H16F7NO4S/c1-9(2,3)24-8(22)20-6(7(21)23-4)5-25-12(18,19)10(13,14)11(15,16)17/h6H,5H2,1-4H3,(H,20,22)/t6-/m0/s1. The first-order chi connectivity index (χ1) is 10.9. The monoisotopic (exact) mass is 403 g/mol. The highest BCUT2D eigenvalue weighted by atomic mass is 32.2. The lowest BCUT2D eigenvalue weighted by Crippen LogP contribution is -2.52. The molecule has 0 unspecified atom stereocenters. The summed E-state index contributed by atoms with van der Waals surface area (Å²) in [4.78, 5) is 22.9. The Bertz CT molecular complexity index is 491. The molecule has 0 saturated heterocycles. The Hall–Kier alpha value is -1.40. The SMILES string of the molecule is COC(=O)[C@H](CSC(F)(F)C(F)(F)C(F)(F)F)NC(=O)OC(C)(C)C. The van der Waals surface area contributed by atoms with Gasteiger partial charge in [0.15, 0.2) is 0 Å². The number of methoxy groups -OCH3 is 1. The molecule has 13 heteroatoms. The van der Waals surface area contributed by atoms with Crippen LogP contribution in [0.4, 0.5) is 35.5 Å². The van der Waals surface area contributed by atoms with E-state index in [9.17, 15) is 40.3 Å². The lowest BCUT2D eigenvalue weighted by molar-refractivity contribution is -0.330. The van der Waals surface area contributed by atoms with Crippen molar-refractivity contribution in [3.8, 4) is 0 Å². The van der Waals surface area contributed by atoms with Gasteiger partial charge in [0.2, 0.25) is 0 Å². The summed E-state index contributed by atoms with van der Waals surface area (Å²) < 4.78 is 97.1. The zero-order valence-corrected chi connectivity index (χ0v) is 14.3. The van der Waals surface area contributed by atoms with Gasteiger partial charge in [0.25, 0.3) is 0 Å². The van der Waals surface area contributed by atoms with E-state index in [1.807, 2.05) is 0 Å². The van der Waals surface area contributed by atoms with Gasteiger partial charge in [0, 0.05) is 5.75 Å². The van der Waals surface area contributed by atoms with Crippen LogP contribution in [0, 0.1) is 0 Å². The number of thioether (sulfide) groups is 1. The van der Waals surface area contributed by atoms with E-state index in [1.54, 1.807) is 5.32 Å². The van der Waals surface area contributed by atoms with E-state index in [1.165, 1.54) is 20.8 Å². The highest BCUT2D eigenvalue weighted by Gasteiger charge is 2.73.